The van der Waals surface area contributed by atoms with Crippen molar-refractivity contribution in [3.8, 4) is 0 Å². The first-order valence-corrected chi connectivity index (χ1v) is 10.8. The molecule has 29 heavy (non-hydrogen) atoms. The number of hydrogen-bond donors (Lipinski definition) is 0. The molecule has 8 heteroatoms. The summed E-state index contributed by atoms with van der Waals surface area (Å²) in [6, 6.07) is 15.3. The quantitative estimate of drug-likeness (QED) is 0.671. The van der Waals surface area contributed by atoms with Gasteiger partial charge in [-0.1, -0.05) is 42.5 Å². The lowest BCUT2D eigenvalue weighted by atomic mass is 9.98. The Morgan fingerprint density at radius 3 is 2.28 bits per heavy atom. The third-order valence-electron chi connectivity index (χ3n) is 4.92. The second-order valence-corrected chi connectivity index (χ2v) is 8.67. The van der Waals surface area contributed by atoms with Gasteiger partial charge in [-0.05, 0) is 30.5 Å². The number of piperidine rings is 1. The van der Waals surface area contributed by atoms with Crippen molar-refractivity contribution in [2.45, 2.75) is 24.3 Å². The second kappa shape index (κ2) is 9.19. The summed E-state index contributed by atoms with van der Waals surface area (Å²) in [5, 5.41) is 0. The Kier molecular flexibility index (Phi) is 6.66. The van der Waals surface area contributed by atoms with E-state index < -0.39 is 16.0 Å². The van der Waals surface area contributed by atoms with Gasteiger partial charge in [-0.3, -0.25) is 4.79 Å². The molecular weight excluding hydrogens is 394 g/mol. The van der Waals surface area contributed by atoms with E-state index >= 15 is 0 Å². The van der Waals surface area contributed by atoms with Crippen LogP contribution >= 0.6 is 0 Å². The fourth-order valence-corrected chi connectivity index (χ4v) is 4.94. The number of hydrogen-bond acceptors (Lipinski definition) is 6. The summed E-state index contributed by atoms with van der Waals surface area (Å²) < 4.78 is 37.4. The van der Waals surface area contributed by atoms with Crippen molar-refractivity contribution >= 4 is 22.0 Å². The lowest BCUT2D eigenvalue weighted by Gasteiger charge is -2.30. The molecule has 0 atom stereocenters. The van der Waals surface area contributed by atoms with E-state index in [0.717, 1.165) is 5.56 Å². The molecular formula is C21H23NO6S. The fourth-order valence-electron chi connectivity index (χ4n) is 3.29. The lowest BCUT2D eigenvalue weighted by Crippen LogP contribution is -2.41. The van der Waals surface area contributed by atoms with Gasteiger partial charge in [0.1, 0.15) is 6.61 Å². The molecule has 7 nitrogen and oxygen atoms in total. The van der Waals surface area contributed by atoms with Crippen LogP contribution in [0.25, 0.3) is 0 Å². The predicted octanol–water partition coefficient (Wildman–Crippen LogP) is 2.62. The highest BCUT2D eigenvalue weighted by atomic mass is 32.2. The molecule has 0 radical (unpaired) electrons. The third kappa shape index (κ3) is 4.83. The molecule has 1 aliphatic rings. The molecule has 0 amide bonds. The summed E-state index contributed by atoms with van der Waals surface area (Å²) in [4.78, 5) is 24.2. The van der Waals surface area contributed by atoms with Crippen LogP contribution in [-0.4, -0.2) is 44.9 Å². The van der Waals surface area contributed by atoms with Crippen LogP contribution in [0.3, 0.4) is 0 Å². The normalized spacial score (nSPS) is 15.6. The van der Waals surface area contributed by atoms with Crippen LogP contribution < -0.4 is 0 Å². The maximum absolute atomic E-state index is 13.0. The van der Waals surface area contributed by atoms with Crippen molar-refractivity contribution in [3.05, 3.63) is 65.7 Å². The van der Waals surface area contributed by atoms with Gasteiger partial charge in [0, 0.05) is 13.1 Å². The highest BCUT2D eigenvalue weighted by Crippen LogP contribution is 2.27. The molecule has 1 saturated heterocycles. The average Bonchev–Trinajstić information content (AvgIpc) is 2.77. The lowest BCUT2D eigenvalue weighted by molar-refractivity contribution is -0.151. The Balaban J connectivity index is 1.63. The molecule has 2 aromatic carbocycles. The molecule has 154 valence electrons. The molecule has 1 heterocycles. The summed E-state index contributed by atoms with van der Waals surface area (Å²) in [6.07, 6.45) is 0.737. The Morgan fingerprint density at radius 2 is 1.62 bits per heavy atom. The van der Waals surface area contributed by atoms with Gasteiger partial charge in [0.2, 0.25) is 10.0 Å². The van der Waals surface area contributed by atoms with Crippen molar-refractivity contribution in [3.63, 3.8) is 0 Å². The van der Waals surface area contributed by atoms with E-state index in [-0.39, 0.29) is 42.0 Å². The van der Waals surface area contributed by atoms with E-state index in [1.165, 1.54) is 23.5 Å². The monoisotopic (exact) mass is 417 g/mol. The molecule has 2 aromatic rings. The Morgan fingerprint density at radius 1 is 1.00 bits per heavy atom. The minimum atomic E-state index is -3.87. The topological polar surface area (TPSA) is 90.0 Å². The van der Waals surface area contributed by atoms with E-state index in [1.54, 1.807) is 12.1 Å². The molecule has 0 N–H and O–H groups in total. The predicted molar refractivity (Wildman–Crippen MR) is 106 cm³/mol. The van der Waals surface area contributed by atoms with Crippen LogP contribution in [0.4, 0.5) is 0 Å². The first kappa shape index (κ1) is 21.0. The molecule has 0 bridgehead atoms. The third-order valence-corrected chi connectivity index (χ3v) is 6.88. The van der Waals surface area contributed by atoms with Crippen molar-refractivity contribution in [1.29, 1.82) is 0 Å². The molecule has 1 aliphatic heterocycles. The van der Waals surface area contributed by atoms with Gasteiger partial charge in [0.05, 0.1) is 23.5 Å². The Hall–Kier alpha value is -2.71. The van der Waals surface area contributed by atoms with Crippen molar-refractivity contribution in [1.82, 2.24) is 4.31 Å². The second-order valence-electron chi connectivity index (χ2n) is 6.76. The summed E-state index contributed by atoms with van der Waals surface area (Å²) in [6.45, 7) is 0.566. The molecule has 0 aromatic heterocycles. The molecule has 3 rings (SSSR count). The van der Waals surface area contributed by atoms with Gasteiger partial charge in [-0.25, -0.2) is 13.2 Å². The number of carbonyl (C=O) groups is 2. The SMILES string of the molecule is COC(=O)c1ccccc1S(=O)(=O)N1CCC(C(=O)OCc2ccccc2)CC1. The van der Waals surface area contributed by atoms with Gasteiger partial charge in [0.25, 0.3) is 0 Å². The van der Waals surface area contributed by atoms with Gasteiger partial charge < -0.3 is 9.47 Å². The molecule has 0 spiro atoms. The number of carbonyl (C=O) groups excluding carboxylic acids is 2. The van der Waals surface area contributed by atoms with Crippen LogP contribution in [0.2, 0.25) is 0 Å². The number of benzene rings is 2. The van der Waals surface area contributed by atoms with Gasteiger partial charge in [-0.2, -0.15) is 4.31 Å². The van der Waals surface area contributed by atoms with Crippen LogP contribution in [0.1, 0.15) is 28.8 Å². The zero-order valence-corrected chi connectivity index (χ0v) is 16.9. The summed E-state index contributed by atoms with van der Waals surface area (Å²) in [5.74, 6) is -1.37. The Labute approximate surface area is 170 Å². The average molecular weight is 417 g/mol. The number of methoxy groups -OCH3 is 1. The molecule has 0 saturated carbocycles. The largest absolute Gasteiger partial charge is 0.465 e. The standard InChI is InChI=1S/C21H23NO6S/c1-27-21(24)18-9-5-6-10-19(18)29(25,26)22-13-11-17(12-14-22)20(23)28-15-16-7-3-2-4-8-16/h2-10,17H,11-15H2,1H3. The molecule has 1 fully saturated rings. The zero-order chi connectivity index (χ0) is 20.9. The van der Waals surface area contributed by atoms with Crippen molar-refractivity contribution in [2.75, 3.05) is 20.2 Å². The first-order valence-electron chi connectivity index (χ1n) is 9.31. The van der Waals surface area contributed by atoms with E-state index in [2.05, 4.69) is 4.74 Å². The maximum Gasteiger partial charge on any atom is 0.339 e. The number of sulfonamides is 1. The van der Waals surface area contributed by atoms with Crippen LogP contribution in [0.5, 0.6) is 0 Å². The van der Waals surface area contributed by atoms with Crippen LogP contribution in [0.15, 0.2) is 59.5 Å². The van der Waals surface area contributed by atoms with Crippen LogP contribution in [0, 0.1) is 5.92 Å². The van der Waals surface area contributed by atoms with Gasteiger partial charge >= 0.3 is 11.9 Å². The summed E-state index contributed by atoms with van der Waals surface area (Å²) >= 11 is 0. The van der Waals surface area contributed by atoms with Gasteiger partial charge in [0.15, 0.2) is 0 Å². The smallest absolute Gasteiger partial charge is 0.339 e. The first-order chi connectivity index (χ1) is 13.9. The van der Waals surface area contributed by atoms with Crippen molar-refractivity contribution < 1.29 is 27.5 Å². The van der Waals surface area contributed by atoms with E-state index in [1.807, 2.05) is 30.3 Å². The van der Waals surface area contributed by atoms with Crippen LogP contribution in [-0.2, 0) is 30.9 Å². The summed E-state index contributed by atoms with van der Waals surface area (Å²) in [5.41, 5.74) is 0.902. The number of nitrogens with zero attached hydrogens (tertiary/aromatic N) is 1. The van der Waals surface area contributed by atoms with Crippen molar-refractivity contribution in [2.24, 2.45) is 5.92 Å². The number of rotatable bonds is 6. The maximum atomic E-state index is 13.0. The fraction of sp³-hybridized carbons (Fsp3) is 0.333. The van der Waals surface area contributed by atoms with Gasteiger partial charge in [-0.15, -0.1) is 0 Å². The minimum absolute atomic E-state index is 0.000561. The number of esters is 2. The van der Waals surface area contributed by atoms with E-state index in [9.17, 15) is 18.0 Å². The number of ether oxygens (including phenoxy) is 2. The summed E-state index contributed by atoms with van der Waals surface area (Å²) in [7, 11) is -2.67. The highest BCUT2D eigenvalue weighted by molar-refractivity contribution is 7.89. The van der Waals surface area contributed by atoms with E-state index in [0.29, 0.717) is 12.8 Å². The highest BCUT2D eigenvalue weighted by Gasteiger charge is 2.34. The van der Waals surface area contributed by atoms with E-state index in [4.69, 9.17) is 4.74 Å². The Bertz CT molecular complexity index is 966. The minimum Gasteiger partial charge on any atom is -0.465 e. The zero-order valence-electron chi connectivity index (χ0n) is 16.1. The molecule has 0 unspecified atom stereocenters. The molecule has 0 aliphatic carbocycles.